The highest BCUT2D eigenvalue weighted by atomic mass is 32.2. The normalized spacial score (nSPS) is 28.6. The first kappa shape index (κ1) is 34.6. The largest absolute Gasteiger partial charge is 0.447 e. The first-order valence-corrected chi connectivity index (χ1v) is 18.4. The number of nitrogens with zero attached hydrogens (tertiary/aromatic N) is 2. The van der Waals surface area contributed by atoms with Crippen LogP contribution in [0, 0.1) is 5.92 Å². The van der Waals surface area contributed by atoms with Crippen molar-refractivity contribution in [3.05, 3.63) is 47.5 Å². The number of fused-ring (bicyclic) bond motifs is 3. The number of alkyl halides is 1. The van der Waals surface area contributed by atoms with E-state index in [0.29, 0.717) is 45.2 Å². The molecule has 0 bridgehead atoms. The van der Waals surface area contributed by atoms with E-state index >= 15 is 0 Å². The molecule has 1 aromatic carbocycles. The Morgan fingerprint density at radius 1 is 1.04 bits per heavy atom. The van der Waals surface area contributed by atoms with Gasteiger partial charge in [0.1, 0.15) is 37.0 Å². The minimum atomic E-state index is -3.91. The third-order valence-corrected chi connectivity index (χ3v) is 11.6. The van der Waals surface area contributed by atoms with E-state index in [2.05, 4.69) is 15.4 Å². The van der Waals surface area contributed by atoms with E-state index in [1.165, 1.54) is 9.80 Å². The van der Waals surface area contributed by atoms with Crippen LogP contribution in [0.4, 0.5) is 14.0 Å². The first-order chi connectivity index (χ1) is 23.5. The van der Waals surface area contributed by atoms with E-state index < -0.39 is 88.1 Å². The lowest BCUT2D eigenvalue weighted by molar-refractivity contribution is -0.141. The first-order valence-electron chi connectivity index (χ1n) is 16.9. The van der Waals surface area contributed by atoms with Crippen LogP contribution in [0.2, 0.25) is 0 Å². The molecule has 0 aromatic heterocycles. The lowest BCUT2D eigenvalue weighted by Crippen LogP contribution is -2.58. The molecule has 0 spiro atoms. The van der Waals surface area contributed by atoms with Crippen molar-refractivity contribution in [2.75, 3.05) is 19.8 Å². The van der Waals surface area contributed by atoms with Gasteiger partial charge in [0.05, 0.1) is 11.8 Å². The number of hydrogen-bond donors (Lipinski definition) is 3. The van der Waals surface area contributed by atoms with Crippen LogP contribution in [0.25, 0.3) is 0 Å². The summed E-state index contributed by atoms with van der Waals surface area (Å²) in [4.78, 5) is 70.2. The molecule has 3 N–H and O–H groups in total. The average molecular weight is 704 g/mol. The summed E-state index contributed by atoms with van der Waals surface area (Å²) in [6.07, 6.45) is 5.01. The Hall–Kier alpha value is -4.21. The van der Waals surface area contributed by atoms with Crippen molar-refractivity contribution in [1.82, 2.24) is 25.2 Å². The summed E-state index contributed by atoms with van der Waals surface area (Å²) in [5.74, 6) is -2.65. The van der Waals surface area contributed by atoms with Gasteiger partial charge in [0.2, 0.25) is 21.8 Å². The summed E-state index contributed by atoms with van der Waals surface area (Å²) in [7, 11) is -3.91. The molecule has 16 heteroatoms. The molecule has 3 heterocycles. The number of nitrogens with one attached hydrogen (secondary N) is 3. The molecule has 2 saturated carbocycles. The van der Waals surface area contributed by atoms with Crippen LogP contribution in [-0.2, 0) is 47.0 Å². The van der Waals surface area contributed by atoms with E-state index in [1.807, 2.05) is 36.4 Å². The summed E-state index contributed by atoms with van der Waals surface area (Å²) >= 11 is 0. The molecular formula is C33H42FN5O9S. The Balaban J connectivity index is 1.24. The third-order valence-electron chi connectivity index (χ3n) is 9.81. The topological polar surface area (TPSA) is 181 Å². The number of amides is 5. The van der Waals surface area contributed by atoms with Gasteiger partial charge in [-0.15, -0.1) is 0 Å². The second-order valence-electron chi connectivity index (χ2n) is 13.4. The number of sulfonamides is 1. The van der Waals surface area contributed by atoms with Gasteiger partial charge in [-0.2, -0.15) is 0 Å². The lowest BCUT2D eigenvalue weighted by Gasteiger charge is -2.29. The highest BCUT2D eigenvalue weighted by Gasteiger charge is 2.62. The van der Waals surface area contributed by atoms with E-state index in [0.717, 1.165) is 17.5 Å². The molecule has 2 aliphatic carbocycles. The fourth-order valence-corrected chi connectivity index (χ4v) is 8.21. The van der Waals surface area contributed by atoms with Crippen molar-refractivity contribution in [2.24, 2.45) is 5.92 Å². The van der Waals surface area contributed by atoms with E-state index in [4.69, 9.17) is 9.47 Å². The van der Waals surface area contributed by atoms with Gasteiger partial charge >= 0.3 is 12.2 Å². The van der Waals surface area contributed by atoms with Gasteiger partial charge in [0.25, 0.3) is 5.91 Å². The van der Waals surface area contributed by atoms with Gasteiger partial charge in [-0.25, -0.2) is 22.4 Å². The number of alkyl carbamates (subject to hydrolysis) is 1. The lowest BCUT2D eigenvalue weighted by atomic mass is 10.1. The summed E-state index contributed by atoms with van der Waals surface area (Å²) in [5, 5.41) is 4.63. The molecule has 0 radical (unpaired) electrons. The number of halogens is 1. The maximum Gasteiger partial charge on any atom is 0.410 e. The Labute approximate surface area is 284 Å². The average Bonchev–Trinajstić information content (AvgIpc) is 3.96. The molecular weight excluding hydrogens is 661 g/mol. The molecule has 1 aromatic rings. The monoisotopic (exact) mass is 703 g/mol. The van der Waals surface area contributed by atoms with E-state index in [1.54, 1.807) is 0 Å². The van der Waals surface area contributed by atoms with Gasteiger partial charge in [-0.05, 0) is 49.7 Å². The van der Waals surface area contributed by atoms with Crippen LogP contribution in [0.1, 0.15) is 68.9 Å². The van der Waals surface area contributed by atoms with E-state index in [9.17, 15) is 36.8 Å². The molecule has 266 valence electrons. The maximum absolute atomic E-state index is 14.1. The van der Waals surface area contributed by atoms with Crippen molar-refractivity contribution >= 4 is 39.9 Å². The Morgan fingerprint density at radius 2 is 1.78 bits per heavy atom. The zero-order valence-corrected chi connectivity index (χ0v) is 27.9. The zero-order valence-electron chi connectivity index (χ0n) is 27.1. The highest BCUT2D eigenvalue weighted by molar-refractivity contribution is 7.91. The summed E-state index contributed by atoms with van der Waals surface area (Å²) in [5.41, 5.74) is 0.429. The molecule has 3 fully saturated rings. The summed E-state index contributed by atoms with van der Waals surface area (Å²) in [6, 6.07) is 5.27. The minimum Gasteiger partial charge on any atom is -0.447 e. The minimum absolute atomic E-state index is 0.0955. The fraction of sp³-hybridized carbons (Fsp3) is 0.606. The standard InChI is InChI=1S/C33H42FN5O9S/c34-14-15-47-31(43)35-26-11-5-3-1-2-4-10-23-17-33(23,30(42)37-49(45,46)25-12-13-25)36-28(40)27-16-24(20-39(27)29(26)41)48-32(44)38-18-21-8-6-7-9-22(21)19-38/h4,6-10,23-27H,1-3,5,11-20H2,(H,35,43)(H,36,40)(H,37,42)/t23-,24-,26-,27+,33-/m1/s1. The number of allylic oxidation sites excluding steroid dienone is 1. The molecule has 5 atom stereocenters. The van der Waals surface area contributed by atoms with Crippen LogP contribution in [0.15, 0.2) is 36.4 Å². The van der Waals surface area contributed by atoms with Crippen LogP contribution < -0.4 is 15.4 Å². The van der Waals surface area contributed by atoms with Gasteiger partial charge in [-0.1, -0.05) is 49.3 Å². The Kier molecular flexibility index (Phi) is 10.1. The van der Waals surface area contributed by atoms with Crippen molar-refractivity contribution in [3.63, 3.8) is 0 Å². The molecule has 5 aliphatic rings. The smallest absolute Gasteiger partial charge is 0.410 e. The second-order valence-corrected chi connectivity index (χ2v) is 15.4. The highest BCUT2D eigenvalue weighted by Crippen LogP contribution is 2.46. The van der Waals surface area contributed by atoms with Crippen LogP contribution in [0.3, 0.4) is 0 Å². The molecule has 3 aliphatic heterocycles. The van der Waals surface area contributed by atoms with Crippen LogP contribution in [-0.4, -0.2) is 96.9 Å². The predicted molar refractivity (Wildman–Crippen MR) is 172 cm³/mol. The number of rotatable bonds is 7. The van der Waals surface area contributed by atoms with Gasteiger partial charge in [0, 0.05) is 25.4 Å². The Morgan fingerprint density at radius 3 is 2.47 bits per heavy atom. The molecule has 14 nitrogen and oxygen atoms in total. The zero-order chi connectivity index (χ0) is 34.8. The molecule has 0 unspecified atom stereocenters. The summed E-state index contributed by atoms with van der Waals surface area (Å²) < 4.78 is 50.9. The van der Waals surface area contributed by atoms with Gasteiger partial charge in [-0.3, -0.25) is 24.0 Å². The van der Waals surface area contributed by atoms with E-state index in [-0.39, 0.29) is 25.8 Å². The van der Waals surface area contributed by atoms with Crippen molar-refractivity contribution in [3.8, 4) is 0 Å². The molecule has 1 saturated heterocycles. The number of carbonyl (C=O) groups is 5. The van der Waals surface area contributed by atoms with Crippen molar-refractivity contribution in [1.29, 1.82) is 0 Å². The molecule has 49 heavy (non-hydrogen) atoms. The van der Waals surface area contributed by atoms with Gasteiger partial charge in [0.15, 0.2) is 0 Å². The predicted octanol–water partition coefficient (Wildman–Crippen LogP) is 2.18. The third kappa shape index (κ3) is 7.84. The Bertz CT molecular complexity index is 1590. The molecule has 6 rings (SSSR count). The quantitative estimate of drug-likeness (QED) is 0.359. The summed E-state index contributed by atoms with van der Waals surface area (Å²) in [6.45, 7) is -0.871. The number of hydrogen-bond acceptors (Lipinski definition) is 9. The number of ether oxygens (including phenoxy) is 2. The number of benzene rings is 1. The second kappa shape index (κ2) is 14.3. The maximum atomic E-state index is 14.1. The van der Waals surface area contributed by atoms with Crippen LogP contribution >= 0.6 is 0 Å². The van der Waals surface area contributed by atoms with Crippen molar-refractivity contribution in [2.45, 2.75) is 99.9 Å². The number of carbonyl (C=O) groups excluding carboxylic acids is 5. The molecule has 5 amide bonds. The van der Waals surface area contributed by atoms with Crippen LogP contribution in [0.5, 0.6) is 0 Å². The van der Waals surface area contributed by atoms with Gasteiger partial charge < -0.3 is 25.0 Å². The van der Waals surface area contributed by atoms with Crippen molar-refractivity contribution < 1.29 is 46.3 Å². The fourth-order valence-electron chi connectivity index (χ4n) is 6.84. The SMILES string of the molecule is O=C(N[C@@H]1CCCCCC=C[C@@H]2C[C@@]2(C(=O)NS(=O)(=O)C2CC2)NC(=O)[C@@H]2C[C@@H](OC(=O)N3Cc4ccccc4C3)CN2C1=O)OCCF.